The standard InChI is InChI=1S/C26H23NO4/c28-26-22-16-21(30-17-19-11-10-18-6-4-5-9-23(18)27-19)12-13-24(22)29-15-14-25(26)31-20-7-2-1-3-8-20/h1-13,16,25-26,28H,14-15,17H2/t25-,26+/m0/s1. The van der Waals surface area contributed by atoms with E-state index in [1.54, 1.807) is 0 Å². The van der Waals surface area contributed by atoms with Gasteiger partial charge in [0.1, 0.15) is 36.1 Å². The van der Waals surface area contributed by atoms with E-state index in [0.717, 1.165) is 22.3 Å². The van der Waals surface area contributed by atoms with Gasteiger partial charge >= 0.3 is 0 Å². The van der Waals surface area contributed by atoms with Gasteiger partial charge in [0, 0.05) is 17.4 Å². The number of hydrogen-bond donors (Lipinski definition) is 1. The average Bonchev–Trinajstić information content (AvgIpc) is 2.97. The van der Waals surface area contributed by atoms with Gasteiger partial charge in [-0.05, 0) is 42.5 Å². The normalized spacial score (nSPS) is 18.0. The molecule has 5 heteroatoms. The van der Waals surface area contributed by atoms with Crippen molar-refractivity contribution in [1.29, 1.82) is 0 Å². The first-order valence-corrected chi connectivity index (χ1v) is 10.4. The molecule has 1 aromatic heterocycles. The fraction of sp³-hybridized carbons (Fsp3) is 0.192. The predicted molar refractivity (Wildman–Crippen MR) is 118 cm³/mol. The van der Waals surface area contributed by atoms with E-state index in [-0.39, 0.29) is 0 Å². The number of aliphatic hydroxyl groups excluding tert-OH is 1. The molecule has 0 saturated heterocycles. The van der Waals surface area contributed by atoms with Gasteiger partial charge in [-0.15, -0.1) is 0 Å². The summed E-state index contributed by atoms with van der Waals surface area (Å²) in [7, 11) is 0. The van der Waals surface area contributed by atoms with Gasteiger partial charge in [-0.25, -0.2) is 4.98 Å². The van der Waals surface area contributed by atoms with Crippen molar-refractivity contribution in [3.8, 4) is 17.2 Å². The first kappa shape index (κ1) is 19.4. The number of benzene rings is 3. The number of para-hydroxylation sites is 2. The smallest absolute Gasteiger partial charge is 0.132 e. The molecule has 1 aliphatic rings. The van der Waals surface area contributed by atoms with E-state index >= 15 is 0 Å². The van der Waals surface area contributed by atoms with E-state index in [9.17, 15) is 5.11 Å². The van der Waals surface area contributed by atoms with Crippen LogP contribution in [0.2, 0.25) is 0 Å². The molecule has 0 unspecified atom stereocenters. The number of ether oxygens (including phenoxy) is 3. The fourth-order valence-electron chi connectivity index (χ4n) is 3.77. The van der Waals surface area contributed by atoms with E-state index < -0.39 is 12.2 Å². The van der Waals surface area contributed by atoms with Crippen LogP contribution in [0.15, 0.2) is 84.9 Å². The van der Waals surface area contributed by atoms with Crippen molar-refractivity contribution in [2.45, 2.75) is 25.2 Å². The van der Waals surface area contributed by atoms with Gasteiger partial charge in [0.25, 0.3) is 0 Å². The van der Waals surface area contributed by atoms with E-state index in [2.05, 4.69) is 4.98 Å². The fourth-order valence-corrected chi connectivity index (χ4v) is 3.77. The summed E-state index contributed by atoms with van der Waals surface area (Å²) in [6.45, 7) is 0.813. The Bertz CT molecular complexity index is 1180. The highest BCUT2D eigenvalue weighted by atomic mass is 16.5. The molecule has 1 N–H and O–H groups in total. The van der Waals surface area contributed by atoms with E-state index in [1.807, 2.05) is 84.9 Å². The lowest BCUT2D eigenvalue weighted by Gasteiger charge is -2.22. The minimum Gasteiger partial charge on any atom is -0.493 e. The molecule has 4 aromatic rings. The topological polar surface area (TPSA) is 60.8 Å². The SMILES string of the molecule is O[C@@H]1c2cc(OCc3ccc4ccccc4n3)ccc2OCC[C@@H]1Oc1ccccc1. The summed E-state index contributed by atoms with van der Waals surface area (Å²) in [5.74, 6) is 2.03. The molecule has 0 spiro atoms. The molecule has 3 aromatic carbocycles. The maximum atomic E-state index is 11.0. The number of nitrogens with zero attached hydrogens (tertiary/aromatic N) is 1. The van der Waals surface area contributed by atoms with Crippen LogP contribution < -0.4 is 14.2 Å². The van der Waals surface area contributed by atoms with Crippen molar-refractivity contribution in [3.63, 3.8) is 0 Å². The second-order valence-corrected chi connectivity index (χ2v) is 7.53. The summed E-state index contributed by atoms with van der Waals surface area (Å²) in [5.41, 5.74) is 2.45. The Morgan fingerprint density at radius 3 is 2.65 bits per heavy atom. The van der Waals surface area contributed by atoms with Crippen LogP contribution in [0.5, 0.6) is 17.2 Å². The summed E-state index contributed by atoms with van der Waals surface area (Å²) in [6.07, 6.45) is -0.636. The van der Waals surface area contributed by atoms with E-state index in [1.165, 1.54) is 0 Å². The van der Waals surface area contributed by atoms with Gasteiger partial charge < -0.3 is 19.3 Å². The molecule has 0 fully saturated rings. The van der Waals surface area contributed by atoms with Crippen LogP contribution in [0.1, 0.15) is 23.8 Å². The number of fused-ring (bicyclic) bond motifs is 2. The quantitative estimate of drug-likeness (QED) is 0.495. The van der Waals surface area contributed by atoms with Crippen LogP contribution in [0.4, 0.5) is 0 Å². The lowest BCUT2D eigenvalue weighted by atomic mass is 10.0. The van der Waals surface area contributed by atoms with Crippen LogP contribution in [-0.2, 0) is 6.61 Å². The van der Waals surface area contributed by atoms with Crippen molar-refractivity contribution < 1.29 is 19.3 Å². The Hall–Kier alpha value is -3.57. The number of rotatable bonds is 5. The van der Waals surface area contributed by atoms with Gasteiger partial charge in [-0.3, -0.25) is 0 Å². The largest absolute Gasteiger partial charge is 0.493 e. The summed E-state index contributed by atoms with van der Waals surface area (Å²) in [4.78, 5) is 4.65. The molecule has 1 aliphatic heterocycles. The second-order valence-electron chi connectivity index (χ2n) is 7.53. The lowest BCUT2D eigenvalue weighted by molar-refractivity contribution is 0.0312. The van der Waals surface area contributed by atoms with Crippen molar-refractivity contribution in [2.24, 2.45) is 0 Å². The highest BCUT2D eigenvalue weighted by molar-refractivity contribution is 5.78. The highest BCUT2D eigenvalue weighted by Gasteiger charge is 2.29. The van der Waals surface area contributed by atoms with Crippen LogP contribution in [0.3, 0.4) is 0 Å². The Balaban J connectivity index is 1.33. The average molecular weight is 413 g/mol. The first-order chi connectivity index (χ1) is 15.3. The molecule has 0 saturated carbocycles. The highest BCUT2D eigenvalue weighted by Crippen LogP contribution is 2.36. The van der Waals surface area contributed by atoms with Crippen LogP contribution in [0, 0.1) is 0 Å². The summed E-state index contributed by atoms with van der Waals surface area (Å²) < 4.78 is 17.9. The first-order valence-electron chi connectivity index (χ1n) is 10.4. The minimum atomic E-state index is -0.819. The molecule has 0 bridgehead atoms. The molecule has 2 atom stereocenters. The number of aromatic nitrogens is 1. The van der Waals surface area contributed by atoms with Crippen LogP contribution >= 0.6 is 0 Å². The summed E-state index contributed by atoms with van der Waals surface area (Å²) in [6, 6.07) is 27.1. The molecule has 0 radical (unpaired) electrons. The Kier molecular flexibility index (Phi) is 5.42. The summed E-state index contributed by atoms with van der Waals surface area (Å²) in [5, 5.41) is 12.1. The zero-order valence-electron chi connectivity index (χ0n) is 17.0. The van der Waals surface area contributed by atoms with Crippen molar-refractivity contribution in [2.75, 3.05) is 6.61 Å². The van der Waals surface area contributed by atoms with Gasteiger partial charge in [-0.2, -0.15) is 0 Å². The molecule has 5 nitrogen and oxygen atoms in total. The number of pyridine rings is 1. The number of aliphatic hydroxyl groups is 1. The third kappa shape index (κ3) is 4.32. The summed E-state index contributed by atoms with van der Waals surface area (Å²) >= 11 is 0. The van der Waals surface area contributed by atoms with Gasteiger partial charge in [0.05, 0.1) is 17.8 Å². The Morgan fingerprint density at radius 2 is 1.74 bits per heavy atom. The maximum absolute atomic E-state index is 11.0. The molecular weight excluding hydrogens is 390 g/mol. The van der Waals surface area contributed by atoms with Crippen LogP contribution in [0.25, 0.3) is 10.9 Å². The molecular formula is C26H23NO4. The van der Waals surface area contributed by atoms with Crippen LogP contribution in [-0.4, -0.2) is 22.8 Å². The zero-order chi connectivity index (χ0) is 21.0. The second kappa shape index (κ2) is 8.66. The van der Waals surface area contributed by atoms with Crippen molar-refractivity contribution >= 4 is 10.9 Å². The van der Waals surface area contributed by atoms with Gasteiger partial charge in [0.15, 0.2) is 0 Å². The zero-order valence-corrected chi connectivity index (χ0v) is 17.0. The lowest BCUT2D eigenvalue weighted by Crippen LogP contribution is -2.25. The van der Waals surface area contributed by atoms with E-state index in [0.29, 0.717) is 36.7 Å². The minimum absolute atomic E-state index is 0.338. The Morgan fingerprint density at radius 1 is 0.903 bits per heavy atom. The monoisotopic (exact) mass is 413 g/mol. The molecule has 0 aliphatic carbocycles. The molecule has 5 rings (SSSR count). The number of hydrogen-bond acceptors (Lipinski definition) is 5. The molecule has 156 valence electrons. The van der Waals surface area contributed by atoms with Crippen molar-refractivity contribution in [1.82, 2.24) is 4.98 Å². The Labute approximate surface area is 180 Å². The van der Waals surface area contributed by atoms with Gasteiger partial charge in [-0.1, -0.05) is 42.5 Å². The van der Waals surface area contributed by atoms with E-state index in [4.69, 9.17) is 14.2 Å². The van der Waals surface area contributed by atoms with Gasteiger partial charge in [0.2, 0.25) is 0 Å². The molecule has 2 heterocycles. The predicted octanol–water partition coefficient (Wildman–Crippen LogP) is 5.08. The third-order valence-electron chi connectivity index (χ3n) is 5.39. The maximum Gasteiger partial charge on any atom is 0.132 e. The third-order valence-corrected chi connectivity index (χ3v) is 5.39. The van der Waals surface area contributed by atoms with Crippen molar-refractivity contribution in [3.05, 3.63) is 96.2 Å². The molecule has 31 heavy (non-hydrogen) atoms. The molecule has 0 amide bonds.